The molecule has 0 atom stereocenters. The first-order chi connectivity index (χ1) is 14.7. The van der Waals surface area contributed by atoms with Crippen LogP contribution in [0.2, 0.25) is 0 Å². The van der Waals surface area contributed by atoms with Crippen LogP contribution in [0.25, 0.3) is 10.8 Å². The summed E-state index contributed by atoms with van der Waals surface area (Å²) in [4.78, 5) is 12.5. The smallest absolute Gasteiger partial charge is 0.234 e. The van der Waals surface area contributed by atoms with Crippen LogP contribution in [0, 0.1) is 0 Å². The van der Waals surface area contributed by atoms with Gasteiger partial charge in [-0.15, -0.1) is 10.2 Å². The van der Waals surface area contributed by atoms with Crippen LogP contribution in [0.15, 0.2) is 78.0 Å². The highest BCUT2D eigenvalue weighted by atomic mass is 32.2. The van der Waals surface area contributed by atoms with Gasteiger partial charge in [-0.3, -0.25) is 4.79 Å². The molecule has 4 aromatic rings. The molecule has 4 rings (SSSR count). The second-order valence-electron chi connectivity index (χ2n) is 6.61. The van der Waals surface area contributed by atoms with Gasteiger partial charge in [-0.25, -0.2) is 0 Å². The van der Waals surface area contributed by atoms with E-state index in [4.69, 9.17) is 4.74 Å². The zero-order chi connectivity index (χ0) is 20.8. The molecular formula is C23H22N4O2S. The van der Waals surface area contributed by atoms with E-state index in [1.807, 2.05) is 84.3 Å². The predicted octanol–water partition coefficient (Wildman–Crippen LogP) is 4.76. The van der Waals surface area contributed by atoms with Crippen molar-refractivity contribution in [2.45, 2.75) is 25.2 Å². The molecule has 1 amide bonds. The van der Waals surface area contributed by atoms with E-state index in [0.29, 0.717) is 18.3 Å². The molecule has 1 N–H and O–H groups in total. The second-order valence-corrected chi connectivity index (χ2v) is 7.55. The van der Waals surface area contributed by atoms with Crippen molar-refractivity contribution < 1.29 is 9.53 Å². The summed E-state index contributed by atoms with van der Waals surface area (Å²) in [7, 11) is 0. The summed E-state index contributed by atoms with van der Waals surface area (Å²) < 4.78 is 7.75. The molecule has 0 fully saturated rings. The van der Waals surface area contributed by atoms with Gasteiger partial charge >= 0.3 is 0 Å². The van der Waals surface area contributed by atoms with Gasteiger partial charge in [0.25, 0.3) is 0 Å². The van der Waals surface area contributed by atoms with Crippen LogP contribution in [0.5, 0.6) is 5.75 Å². The van der Waals surface area contributed by atoms with E-state index in [1.54, 1.807) is 0 Å². The molecule has 0 unspecified atom stereocenters. The molecule has 0 bridgehead atoms. The van der Waals surface area contributed by atoms with Crippen molar-refractivity contribution in [3.05, 3.63) is 78.6 Å². The highest BCUT2D eigenvalue weighted by Gasteiger charge is 2.14. The number of rotatable bonds is 8. The fourth-order valence-corrected chi connectivity index (χ4v) is 3.99. The number of hydrogen-bond acceptors (Lipinski definition) is 5. The van der Waals surface area contributed by atoms with Gasteiger partial charge in [0.15, 0.2) is 11.0 Å². The van der Waals surface area contributed by atoms with Crippen molar-refractivity contribution in [3.63, 3.8) is 0 Å². The van der Waals surface area contributed by atoms with Gasteiger partial charge in [-0.05, 0) is 30.5 Å². The summed E-state index contributed by atoms with van der Waals surface area (Å²) >= 11 is 1.37. The number of fused-ring (bicyclic) bond motifs is 1. The Hall–Kier alpha value is -3.32. The van der Waals surface area contributed by atoms with Crippen molar-refractivity contribution in [3.8, 4) is 5.75 Å². The first-order valence-electron chi connectivity index (χ1n) is 9.75. The maximum absolute atomic E-state index is 12.5. The van der Waals surface area contributed by atoms with Crippen molar-refractivity contribution in [2.24, 2.45) is 0 Å². The van der Waals surface area contributed by atoms with Crippen LogP contribution in [0.1, 0.15) is 12.7 Å². The van der Waals surface area contributed by atoms with Gasteiger partial charge in [0.2, 0.25) is 5.91 Å². The minimum Gasteiger partial charge on any atom is -0.486 e. The Balaban J connectivity index is 1.38. The molecule has 3 aromatic carbocycles. The molecule has 0 saturated carbocycles. The Kier molecular flexibility index (Phi) is 6.29. The number of benzene rings is 3. The van der Waals surface area contributed by atoms with E-state index in [-0.39, 0.29) is 11.7 Å². The highest BCUT2D eigenvalue weighted by molar-refractivity contribution is 7.99. The average molecular weight is 419 g/mol. The van der Waals surface area contributed by atoms with Crippen molar-refractivity contribution >= 4 is 34.1 Å². The number of nitrogens with one attached hydrogen (secondary N) is 1. The molecule has 152 valence electrons. The van der Waals surface area contributed by atoms with E-state index in [1.165, 1.54) is 11.8 Å². The molecule has 0 aliphatic heterocycles. The number of aromatic nitrogens is 3. The maximum Gasteiger partial charge on any atom is 0.234 e. The van der Waals surface area contributed by atoms with Crippen LogP contribution in [-0.4, -0.2) is 26.4 Å². The van der Waals surface area contributed by atoms with Gasteiger partial charge in [0.05, 0.1) is 5.75 Å². The highest BCUT2D eigenvalue weighted by Crippen LogP contribution is 2.24. The predicted molar refractivity (Wildman–Crippen MR) is 120 cm³/mol. The number of para-hydroxylation sites is 1. The van der Waals surface area contributed by atoms with Gasteiger partial charge in [-0.1, -0.05) is 66.4 Å². The van der Waals surface area contributed by atoms with Crippen molar-refractivity contribution in [1.29, 1.82) is 0 Å². The lowest BCUT2D eigenvalue weighted by Crippen LogP contribution is -2.15. The lowest BCUT2D eigenvalue weighted by Gasteiger charge is -2.10. The van der Waals surface area contributed by atoms with Crippen LogP contribution in [0.4, 0.5) is 5.69 Å². The molecule has 0 aliphatic rings. The number of nitrogens with zero attached hydrogens (tertiary/aromatic N) is 3. The fourth-order valence-electron chi connectivity index (χ4n) is 3.17. The summed E-state index contributed by atoms with van der Waals surface area (Å²) in [5.41, 5.74) is 0.813. The van der Waals surface area contributed by atoms with E-state index in [2.05, 4.69) is 15.5 Å². The van der Waals surface area contributed by atoms with Crippen molar-refractivity contribution in [1.82, 2.24) is 14.8 Å². The summed E-state index contributed by atoms with van der Waals surface area (Å²) in [6.45, 7) is 3.05. The molecule has 0 aliphatic carbocycles. The normalized spacial score (nSPS) is 10.8. The SMILES string of the molecule is CCn1c(COc2ccccc2)nnc1SCC(=O)Nc1cccc2ccccc12. The van der Waals surface area contributed by atoms with E-state index in [0.717, 1.165) is 28.0 Å². The van der Waals surface area contributed by atoms with E-state index in [9.17, 15) is 4.79 Å². The number of carbonyl (C=O) groups excluding carboxylic acids is 1. The van der Waals surface area contributed by atoms with Crippen molar-refractivity contribution in [2.75, 3.05) is 11.1 Å². The first-order valence-corrected chi connectivity index (χ1v) is 10.7. The van der Waals surface area contributed by atoms with Crippen LogP contribution >= 0.6 is 11.8 Å². The number of ether oxygens (including phenoxy) is 1. The standard InChI is InChI=1S/C23H22N4O2S/c1-2-27-21(15-29-18-11-4-3-5-12-18)25-26-23(27)30-16-22(28)24-20-14-8-10-17-9-6-7-13-19(17)20/h3-14H,2,15-16H2,1H3,(H,24,28). The number of carbonyl (C=O) groups is 1. The first kappa shape index (κ1) is 20.0. The molecule has 7 heteroatoms. The third-order valence-electron chi connectivity index (χ3n) is 4.62. The Morgan fingerprint density at radius 3 is 2.60 bits per heavy atom. The van der Waals surface area contributed by atoms with Gasteiger partial charge in [0.1, 0.15) is 12.4 Å². The summed E-state index contributed by atoms with van der Waals surface area (Å²) in [6, 6.07) is 23.5. The second kappa shape index (κ2) is 9.45. The van der Waals surface area contributed by atoms with E-state index < -0.39 is 0 Å². The fraction of sp³-hybridized carbons (Fsp3) is 0.174. The summed E-state index contributed by atoms with van der Waals surface area (Å²) in [5.74, 6) is 1.69. The minimum atomic E-state index is -0.0795. The van der Waals surface area contributed by atoms with Crippen LogP contribution < -0.4 is 10.1 Å². The maximum atomic E-state index is 12.5. The Bertz CT molecular complexity index is 1140. The van der Waals surface area contributed by atoms with Gasteiger partial charge < -0.3 is 14.6 Å². The lowest BCUT2D eigenvalue weighted by molar-refractivity contribution is -0.113. The number of thioether (sulfide) groups is 1. The third-order valence-corrected chi connectivity index (χ3v) is 5.58. The van der Waals surface area contributed by atoms with Gasteiger partial charge in [-0.2, -0.15) is 0 Å². The number of hydrogen-bond donors (Lipinski definition) is 1. The molecule has 6 nitrogen and oxygen atoms in total. The zero-order valence-electron chi connectivity index (χ0n) is 16.6. The minimum absolute atomic E-state index is 0.0795. The molecule has 1 aromatic heterocycles. The molecular weight excluding hydrogens is 396 g/mol. The number of amides is 1. The molecule has 0 spiro atoms. The molecule has 0 saturated heterocycles. The third kappa shape index (κ3) is 4.63. The van der Waals surface area contributed by atoms with Crippen LogP contribution in [-0.2, 0) is 17.9 Å². The zero-order valence-corrected chi connectivity index (χ0v) is 17.4. The van der Waals surface area contributed by atoms with Gasteiger partial charge in [0, 0.05) is 17.6 Å². The Labute approximate surface area is 179 Å². The van der Waals surface area contributed by atoms with E-state index >= 15 is 0 Å². The largest absolute Gasteiger partial charge is 0.486 e. The average Bonchev–Trinajstić information content (AvgIpc) is 3.19. The number of anilines is 1. The molecule has 1 heterocycles. The molecule has 0 radical (unpaired) electrons. The quantitative estimate of drug-likeness (QED) is 0.418. The monoisotopic (exact) mass is 418 g/mol. The molecule has 30 heavy (non-hydrogen) atoms. The van der Waals surface area contributed by atoms with Crippen LogP contribution in [0.3, 0.4) is 0 Å². The Morgan fingerprint density at radius 1 is 1.00 bits per heavy atom. The topological polar surface area (TPSA) is 69.0 Å². The summed E-state index contributed by atoms with van der Waals surface area (Å²) in [6.07, 6.45) is 0. The Morgan fingerprint density at radius 2 is 1.77 bits per heavy atom. The lowest BCUT2D eigenvalue weighted by atomic mass is 10.1. The summed E-state index contributed by atoms with van der Waals surface area (Å²) in [5, 5.41) is 14.3.